The van der Waals surface area contributed by atoms with E-state index in [1.54, 1.807) is 23.0 Å². The van der Waals surface area contributed by atoms with Crippen LogP contribution in [0.3, 0.4) is 0 Å². The summed E-state index contributed by atoms with van der Waals surface area (Å²) < 4.78 is 15.4. The molecule has 0 saturated carbocycles. The van der Waals surface area contributed by atoms with E-state index in [9.17, 15) is 4.39 Å². The molecule has 1 atom stereocenters. The number of hydrogen-bond acceptors (Lipinski definition) is 4. The number of anilines is 2. The van der Waals surface area contributed by atoms with Gasteiger partial charge in [0.05, 0.1) is 11.7 Å². The number of aryl methyl sites for hydroxylation is 1. The van der Waals surface area contributed by atoms with Crippen LogP contribution < -0.4 is 11.1 Å². The molecule has 90 valence electrons. The number of rotatable bonds is 3. The van der Waals surface area contributed by atoms with E-state index in [1.165, 1.54) is 6.07 Å². The van der Waals surface area contributed by atoms with Crippen molar-refractivity contribution < 1.29 is 4.39 Å². The second-order valence-electron chi connectivity index (χ2n) is 3.91. The zero-order valence-corrected chi connectivity index (χ0v) is 9.68. The van der Waals surface area contributed by atoms with Crippen LogP contribution in [0, 0.1) is 5.82 Å². The van der Waals surface area contributed by atoms with Gasteiger partial charge in [-0.05, 0) is 25.1 Å². The number of aromatic nitrogens is 3. The number of hydrogen-bond donors (Lipinski definition) is 2. The normalized spacial score (nSPS) is 12.4. The monoisotopic (exact) mass is 235 g/mol. The van der Waals surface area contributed by atoms with Crippen molar-refractivity contribution in [2.24, 2.45) is 7.05 Å². The van der Waals surface area contributed by atoms with Crippen LogP contribution in [0.5, 0.6) is 0 Å². The highest BCUT2D eigenvalue weighted by Crippen LogP contribution is 2.21. The van der Waals surface area contributed by atoms with Crippen LogP contribution in [0.25, 0.3) is 0 Å². The lowest BCUT2D eigenvalue weighted by atomic mass is 10.2. The Bertz CT molecular complexity index is 522. The Morgan fingerprint density at radius 3 is 2.82 bits per heavy atom. The highest BCUT2D eigenvalue weighted by atomic mass is 19.1. The molecule has 0 aliphatic heterocycles. The smallest absolute Gasteiger partial charge is 0.154 e. The zero-order valence-electron chi connectivity index (χ0n) is 9.68. The van der Waals surface area contributed by atoms with Gasteiger partial charge in [0, 0.05) is 12.7 Å². The Kier molecular flexibility index (Phi) is 2.95. The summed E-state index contributed by atoms with van der Waals surface area (Å²) in [5.74, 6) is 0.361. The zero-order chi connectivity index (χ0) is 12.4. The van der Waals surface area contributed by atoms with Gasteiger partial charge < -0.3 is 15.6 Å². The molecule has 17 heavy (non-hydrogen) atoms. The molecule has 0 amide bonds. The summed E-state index contributed by atoms with van der Waals surface area (Å²) in [5, 5.41) is 10.8. The highest BCUT2D eigenvalue weighted by Gasteiger charge is 2.12. The van der Waals surface area contributed by atoms with Gasteiger partial charge in [0.1, 0.15) is 12.1 Å². The van der Waals surface area contributed by atoms with Crippen LogP contribution in [0.15, 0.2) is 24.5 Å². The van der Waals surface area contributed by atoms with Gasteiger partial charge >= 0.3 is 0 Å². The minimum absolute atomic E-state index is 0.138. The molecule has 0 radical (unpaired) electrons. The molecule has 3 N–H and O–H groups in total. The first kappa shape index (κ1) is 11.4. The van der Waals surface area contributed by atoms with Gasteiger partial charge in [-0.25, -0.2) is 4.39 Å². The topological polar surface area (TPSA) is 68.8 Å². The van der Waals surface area contributed by atoms with Crippen molar-refractivity contribution in [1.82, 2.24) is 14.8 Å². The van der Waals surface area contributed by atoms with Crippen molar-refractivity contribution in [3.63, 3.8) is 0 Å². The van der Waals surface area contributed by atoms with Gasteiger partial charge in [-0.15, -0.1) is 10.2 Å². The van der Waals surface area contributed by atoms with Crippen LogP contribution in [-0.2, 0) is 7.05 Å². The molecule has 0 bridgehead atoms. The Morgan fingerprint density at radius 1 is 1.47 bits per heavy atom. The highest BCUT2D eigenvalue weighted by molar-refractivity contribution is 5.53. The number of nitrogens with one attached hydrogen (secondary N) is 1. The van der Waals surface area contributed by atoms with Gasteiger partial charge in [-0.1, -0.05) is 0 Å². The Labute approximate surface area is 98.5 Å². The molecule has 1 heterocycles. The van der Waals surface area contributed by atoms with Crippen molar-refractivity contribution in [2.45, 2.75) is 13.0 Å². The third-order valence-corrected chi connectivity index (χ3v) is 2.50. The van der Waals surface area contributed by atoms with Crippen LogP contribution in [0.2, 0.25) is 0 Å². The summed E-state index contributed by atoms with van der Waals surface area (Å²) >= 11 is 0. The van der Waals surface area contributed by atoms with E-state index >= 15 is 0 Å². The van der Waals surface area contributed by atoms with Crippen molar-refractivity contribution in [1.29, 1.82) is 0 Å². The minimum Gasteiger partial charge on any atom is -0.399 e. The second kappa shape index (κ2) is 4.40. The molecule has 2 aromatic rings. The van der Waals surface area contributed by atoms with Crippen LogP contribution in [-0.4, -0.2) is 14.8 Å². The molecular weight excluding hydrogens is 221 g/mol. The molecule has 5 nitrogen and oxygen atoms in total. The lowest BCUT2D eigenvalue weighted by molar-refractivity contribution is 0.624. The minimum atomic E-state index is -0.376. The predicted octanol–water partition coefficient (Wildman–Crippen LogP) is 1.71. The number of nitrogen functional groups attached to an aromatic ring is 1. The molecular formula is C11H14FN5. The average molecular weight is 235 g/mol. The number of benzene rings is 1. The largest absolute Gasteiger partial charge is 0.399 e. The van der Waals surface area contributed by atoms with E-state index in [4.69, 9.17) is 5.73 Å². The Morgan fingerprint density at radius 2 is 2.24 bits per heavy atom. The van der Waals surface area contributed by atoms with E-state index in [2.05, 4.69) is 15.5 Å². The average Bonchev–Trinajstić information content (AvgIpc) is 2.68. The molecule has 2 rings (SSSR count). The van der Waals surface area contributed by atoms with E-state index in [0.717, 1.165) is 5.82 Å². The molecule has 0 spiro atoms. The van der Waals surface area contributed by atoms with Crippen molar-refractivity contribution in [3.8, 4) is 0 Å². The molecule has 0 fully saturated rings. The maximum absolute atomic E-state index is 13.6. The Hall–Kier alpha value is -2.11. The quantitative estimate of drug-likeness (QED) is 0.795. The maximum Gasteiger partial charge on any atom is 0.154 e. The third kappa shape index (κ3) is 2.35. The SMILES string of the molecule is CC(Nc1ccc(N)cc1F)c1nncn1C. The lowest BCUT2D eigenvalue weighted by Gasteiger charge is -2.15. The van der Waals surface area contributed by atoms with Gasteiger partial charge in [0.15, 0.2) is 5.82 Å². The fourth-order valence-electron chi connectivity index (χ4n) is 1.63. The van der Waals surface area contributed by atoms with Crippen molar-refractivity contribution in [3.05, 3.63) is 36.2 Å². The molecule has 1 aromatic heterocycles. The number of halogens is 1. The summed E-state index contributed by atoms with van der Waals surface area (Å²) in [6.07, 6.45) is 1.60. The van der Waals surface area contributed by atoms with Crippen LogP contribution in [0.4, 0.5) is 15.8 Å². The van der Waals surface area contributed by atoms with E-state index in [1.807, 2.05) is 14.0 Å². The first-order valence-corrected chi connectivity index (χ1v) is 5.23. The fraction of sp³-hybridized carbons (Fsp3) is 0.273. The van der Waals surface area contributed by atoms with Gasteiger partial charge in [-0.3, -0.25) is 0 Å². The first-order chi connectivity index (χ1) is 8.08. The lowest BCUT2D eigenvalue weighted by Crippen LogP contribution is -2.12. The summed E-state index contributed by atoms with van der Waals surface area (Å²) in [6.45, 7) is 1.89. The second-order valence-corrected chi connectivity index (χ2v) is 3.91. The molecule has 6 heteroatoms. The van der Waals surface area contributed by atoms with E-state index in [0.29, 0.717) is 11.4 Å². The van der Waals surface area contributed by atoms with E-state index < -0.39 is 0 Å². The van der Waals surface area contributed by atoms with Crippen LogP contribution in [0.1, 0.15) is 18.8 Å². The molecule has 1 aromatic carbocycles. The summed E-state index contributed by atoms with van der Waals surface area (Å²) in [7, 11) is 1.84. The van der Waals surface area contributed by atoms with Crippen molar-refractivity contribution >= 4 is 11.4 Å². The van der Waals surface area contributed by atoms with Crippen molar-refractivity contribution in [2.75, 3.05) is 11.1 Å². The standard InChI is InChI=1S/C11H14FN5/c1-7(11-16-14-6-17(11)2)15-10-4-3-8(13)5-9(10)12/h3-7,15H,13H2,1-2H3. The van der Waals surface area contributed by atoms with Gasteiger partial charge in [0.2, 0.25) is 0 Å². The fourth-order valence-corrected chi connectivity index (χ4v) is 1.63. The molecule has 0 aliphatic rings. The van der Waals surface area contributed by atoms with Gasteiger partial charge in [0.25, 0.3) is 0 Å². The summed E-state index contributed by atoms with van der Waals surface area (Å²) in [4.78, 5) is 0. The van der Waals surface area contributed by atoms with E-state index in [-0.39, 0.29) is 11.9 Å². The number of nitrogens with zero attached hydrogens (tertiary/aromatic N) is 3. The third-order valence-electron chi connectivity index (χ3n) is 2.50. The molecule has 0 saturated heterocycles. The summed E-state index contributed by atoms with van der Waals surface area (Å²) in [5.41, 5.74) is 6.28. The maximum atomic E-state index is 13.6. The number of nitrogens with two attached hydrogens (primary N) is 1. The molecule has 1 unspecified atom stereocenters. The first-order valence-electron chi connectivity index (χ1n) is 5.23. The summed E-state index contributed by atoms with van der Waals surface area (Å²) in [6, 6.07) is 4.40. The van der Waals surface area contributed by atoms with Gasteiger partial charge in [-0.2, -0.15) is 0 Å². The molecule has 0 aliphatic carbocycles. The van der Waals surface area contributed by atoms with Crippen LogP contribution >= 0.6 is 0 Å². The predicted molar refractivity (Wildman–Crippen MR) is 63.9 cm³/mol. The Balaban J connectivity index is 2.19.